The molecule has 0 aliphatic heterocycles. The zero-order valence-corrected chi connectivity index (χ0v) is 15.3. The fraction of sp³-hybridized carbons (Fsp3) is 1.00. The van der Waals surface area contributed by atoms with Crippen molar-refractivity contribution in [2.24, 2.45) is 0 Å². The van der Waals surface area contributed by atoms with Gasteiger partial charge in [-0.2, -0.15) is 8.42 Å². The highest BCUT2D eigenvalue weighted by Crippen LogP contribution is 2.18. The van der Waals surface area contributed by atoms with E-state index in [9.17, 15) is 13.0 Å². The summed E-state index contributed by atoms with van der Waals surface area (Å²) in [5.74, 6) is 0. The lowest BCUT2D eigenvalue weighted by Crippen LogP contribution is -2.20. The zero-order valence-electron chi connectivity index (χ0n) is 14.5. The van der Waals surface area contributed by atoms with Crippen LogP contribution in [0.15, 0.2) is 0 Å². The van der Waals surface area contributed by atoms with Gasteiger partial charge in [-0.25, -0.2) is 0 Å². The maximum absolute atomic E-state index is 11.4. The lowest BCUT2D eigenvalue weighted by atomic mass is 10.0. The van der Waals surface area contributed by atoms with Crippen LogP contribution in [0.25, 0.3) is 0 Å². The van der Waals surface area contributed by atoms with Crippen LogP contribution < -0.4 is 0 Å². The van der Waals surface area contributed by atoms with Gasteiger partial charge in [0.25, 0.3) is 10.1 Å². The van der Waals surface area contributed by atoms with E-state index in [0.29, 0.717) is 12.8 Å². The van der Waals surface area contributed by atoms with Gasteiger partial charge >= 0.3 is 0 Å². The summed E-state index contributed by atoms with van der Waals surface area (Å²) < 4.78 is 32.0. The molecule has 2 atom stereocenters. The summed E-state index contributed by atoms with van der Waals surface area (Å²) in [4.78, 5) is 0. The zero-order chi connectivity index (χ0) is 16.8. The predicted molar refractivity (Wildman–Crippen MR) is 92.7 cm³/mol. The van der Waals surface area contributed by atoms with Crippen molar-refractivity contribution in [1.29, 1.82) is 0 Å². The minimum absolute atomic E-state index is 0.190. The number of aliphatic hydroxyl groups excluding tert-OH is 1. The topological polar surface area (TPSA) is 74.6 Å². The molecule has 0 aromatic carbocycles. The van der Waals surface area contributed by atoms with Gasteiger partial charge in [0.2, 0.25) is 0 Å². The minimum atomic E-state index is -3.88. The molecular formula is C17H36O4S. The Morgan fingerprint density at radius 2 is 1.18 bits per heavy atom. The van der Waals surface area contributed by atoms with Gasteiger partial charge < -0.3 is 5.11 Å². The van der Waals surface area contributed by atoms with Crippen molar-refractivity contribution in [2.45, 2.75) is 109 Å². The SMILES string of the molecule is CCCCCC(CCCCCCCCCC(C)O)S(=O)(=O)O. The Morgan fingerprint density at radius 1 is 0.773 bits per heavy atom. The summed E-state index contributed by atoms with van der Waals surface area (Å²) in [6, 6.07) is 0. The van der Waals surface area contributed by atoms with Crippen molar-refractivity contribution in [2.75, 3.05) is 0 Å². The van der Waals surface area contributed by atoms with Gasteiger partial charge in [-0.15, -0.1) is 0 Å². The smallest absolute Gasteiger partial charge is 0.267 e. The van der Waals surface area contributed by atoms with Gasteiger partial charge in [-0.3, -0.25) is 4.55 Å². The fourth-order valence-corrected chi connectivity index (χ4v) is 3.69. The van der Waals surface area contributed by atoms with E-state index in [1.54, 1.807) is 0 Å². The molecule has 0 heterocycles. The van der Waals surface area contributed by atoms with Crippen LogP contribution in [0.1, 0.15) is 97.3 Å². The standard InChI is InChI=1S/C17H36O4S/c1-3-4-10-14-17(22(19,20)21)15-12-9-7-5-6-8-11-13-16(2)18/h16-18H,3-15H2,1-2H3,(H,19,20,21). The number of unbranched alkanes of at least 4 members (excludes halogenated alkanes) is 8. The van der Waals surface area contributed by atoms with Crippen molar-refractivity contribution in [1.82, 2.24) is 0 Å². The van der Waals surface area contributed by atoms with Crippen molar-refractivity contribution < 1.29 is 18.1 Å². The second kappa shape index (κ2) is 13.3. The number of hydrogen-bond acceptors (Lipinski definition) is 3. The van der Waals surface area contributed by atoms with E-state index in [1.807, 2.05) is 6.92 Å². The van der Waals surface area contributed by atoms with Gasteiger partial charge in [-0.1, -0.05) is 71.1 Å². The van der Waals surface area contributed by atoms with Crippen LogP contribution in [0.2, 0.25) is 0 Å². The van der Waals surface area contributed by atoms with Crippen LogP contribution in [0.5, 0.6) is 0 Å². The predicted octanol–water partition coefficient (Wildman–Crippen LogP) is 4.71. The third-order valence-corrected chi connectivity index (χ3v) is 5.51. The maximum Gasteiger partial charge on any atom is 0.267 e. The number of hydrogen-bond donors (Lipinski definition) is 2. The normalized spacial score (nSPS) is 14.9. The summed E-state index contributed by atoms with van der Waals surface area (Å²) in [7, 11) is -3.88. The van der Waals surface area contributed by atoms with E-state index >= 15 is 0 Å². The summed E-state index contributed by atoms with van der Waals surface area (Å²) in [5, 5.41) is 8.59. The quantitative estimate of drug-likeness (QED) is 0.335. The molecule has 2 unspecified atom stereocenters. The van der Waals surface area contributed by atoms with Crippen molar-refractivity contribution in [3.05, 3.63) is 0 Å². The van der Waals surface area contributed by atoms with Gasteiger partial charge in [0.05, 0.1) is 11.4 Å². The Hall–Kier alpha value is -0.130. The molecule has 0 radical (unpaired) electrons. The molecule has 0 aliphatic rings. The average Bonchev–Trinajstić information content (AvgIpc) is 2.42. The Morgan fingerprint density at radius 3 is 1.59 bits per heavy atom. The third-order valence-electron chi connectivity index (χ3n) is 4.20. The number of rotatable bonds is 15. The second-order valence-corrected chi connectivity index (χ2v) is 8.23. The molecule has 0 amide bonds. The molecule has 0 bridgehead atoms. The molecular weight excluding hydrogens is 300 g/mol. The first-order valence-corrected chi connectivity index (χ1v) is 10.5. The summed E-state index contributed by atoms with van der Waals surface area (Å²) >= 11 is 0. The first-order chi connectivity index (χ1) is 10.4. The highest BCUT2D eigenvalue weighted by atomic mass is 32.2. The van der Waals surface area contributed by atoms with Crippen LogP contribution in [0, 0.1) is 0 Å². The van der Waals surface area contributed by atoms with Crippen LogP contribution in [-0.2, 0) is 10.1 Å². The molecule has 4 nitrogen and oxygen atoms in total. The molecule has 0 aromatic heterocycles. The summed E-state index contributed by atoms with van der Waals surface area (Å²) in [5.41, 5.74) is 0. The van der Waals surface area contributed by atoms with Crippen LogP contribution in [-0.4, -0.2) is 29.4 Å². The maximum atomic E-state index is 11.4. The highest BCUT2D eigenvalue weighted by Gasteiger charge is 2.21. The summed E-state index contributed by atoms with van der Waals surface area (Å²) in [6.07, 6.45) is 12.5. The highest BCUT2D eigenvalue weighted by molar-refractivity contribution is 7.86. The average molecular weight is 337 g/mol. The first kappa shape index (κ1) is 21.9. The largest absolute Gasteiger partial charge is 0.393 e. The molecule has 0 aromatic rings. The van der Waals surface area contributed by atoms with Crippen LogP contribution in [0.3, 0.4) is 0 Å². The lowest BCUT2D eigenvalue weighted by molar-refractivity contribution is 0.180. The Kier molecular flexibility index (Phi) is 13.2. The molecule has 0 fully saturated rings. The molecule has 0 aliphatic carbocycles. The van der Waals surface area contributed by atoms with Gasteiger partial charge in [0.15, 0.2) is 0 Å². The Balaban J connectivity index is 3.64. The van der Waals surface area contributed by atoms with Gasteiger partial charge in [0, 0.05) is 0 Å². The molecule has 134 valence electrons. The van der Waals surface area contributed by atoms with E-state index in [1.165, 1.54) is 12.8 Å². The Labute approximate surface area is 137 Å². The van der Waals surface area contributed by atoms with Crippen LogP contribution in [0.4, 0.5) is 0 Å². The van der Waals surface area contributed by atoms with Crippen molar-refractivity contribution in [3.8, 4) is 0 Å². The molecule has 2 N–H and O–H groups in total. The molecule has 0 saturated carbocycles. The molecule has 0 rings (SSSR count). The van der Waals surface area contributed by atoms with E-state index in [-0.39, 0.29) is 6.10 Å². The monoisotopic (exact) mass is 336 g/mol. The van der Waals surface area contributed by atoms with E-state index in [4.69, 9.17) is 5.11 Å². The molecule has 22 heavy (non-hydrogen) atoms. The fourth-order valence-electron chi connectivity index (χ4n) is 2.76. The number of aliphatic hydroxyl groups is 1. The molecule has 5 heteroatoms. The third kappa shape index (κ3) is 13.5. The lowest BCUT2D eigenvalue weighted by Gasteiger charge is -2.13. The van der Waals surface area contributed by atoms with Crippen LogP contribution >= 0.6 is 0 Å². The minimum Gasteiger partial charge on any atom is -0.393 e. The van der Waals surface area contributed by atoms with E-state index in [0.717, 1.165) is 57.8 Å². The van der Waals surface area contributed by atoms with Crippen molar-refractivity contribution in [3.63, 3.8) is 0 Å². The van der Waals surface area contributed by atoms with E-state index < -0.39 is 15.4 Å². The molecule has 0 saturated heterocycles. The second-order valence-electron chi connectivity index (χ2n) is 6.53. The van der Waals surface area contributed by atoms with Crippen molar-refractivity contribution >= 4 is 10.1 Å². The summed E-state index contributed by atoms with van der Waals surface area (Å²) in [6.45, 7) is 3.91. The van der Waals surface area contributed by atoms with Gasteiger partial charge in [-0.05, 0) is 26.2 Å². The van der Waals surface area contributed by atoms with Gasteiger partial charge in [0.1, 0.15) is 0 Å². The molecule has 0 spiro atoms. The Bertz CT molecular complexity index is 339. The first-order valence-electron chi connectivity index (χ1n) is 9.02. The van der Waals surface area contributed by atoms with E-state index in [2.05, 4.69) is 6.92 Å².